The molecule has 75 heavy (non-hydrogen) atoms. The molecule has 0 aliphatic rings. The molecule has 8 N–H and O–H groups in total. The van der Waals surface area contributed by atoms with Crippen molar-refractivity contribution in [1.29, 1.82) is 0 Å². The monoisotopic (exact) mass is 1260 g/mol. The molecule has 0 fully saturated rings. The zero-order valence-corrected chi connectivity index (χ0v) is 44.9. The van der Waals surface area contributed by atoms with Crippen molar-refractivity contribution in [2.75, 3.05) is 28.4 Å². The Labute approximate surface area is 449 Å². The number of aliphatic carboxylic acids is 2. The number of rotatable bonds is 26. The summed E-state index contributed by atoms with van der Waals surface area (Å²) in [5.41, 5.74) is 2.41. The molecule has 4 rings (SSSR count). The van der Waals surface area contributed by atoms with E-state index in [4.69, 9.17) is 47.3 Å². The van der Waals surface area contributed by atoms with E-state index in [1.165, 1.54) is 101 Å². The summed E-state index contributed by atoms with van der Waals surface area (Å²) in [5, 5.41) is 40.0. The standard InChI is InChI=1S/2C26H26O9.2ClH.2H3N.Pt/c2*1-33-23-14-17(8-12-21(23)29)6-10-19(27)16-20(28)11-7-18-9-13-22(24(15-18)34-2)35-26(32)5-3-4-25(30)31;;;;;/h2*6-15,29H,3-5,16H2,1-2H3,(H,30,31);2*1H;2*1H3;/q;;;;;;+4/p-4/b2*10-6+,11-7+;;;;;. The predicted octanol–water partition coefficient (Wildman–Crippen LogP) is 6.68. The van der Waals surface area contributed by atoms with Gasteiger partial charge >= 0.3 is 47.3 Å². The van der Waals surface area contributed by atoms with Gasteiger partial charge in [0.05, 0.1) is 41.3 Å². The van der Waals surface area contributed by atoms with Crippen molar-refractivity contribution in [1.82, 2.24) is 12.3 Å². The Hall–Kier alpha value is -7.61. The number of phenols is 2. The van der Waals surface area contributed by atoms with Crippen LogP contribution in [0.2, 0.25) is 0 Å². The molecule has 0 unspecified atom stereocenters. The van der Waals surface area contributed by atoms with E-state index in [1.54, 1.807) is 48.5 Å². The fourth-order valence-corrected chi connectivity index (χ4v) is 5.78. The van der Waals surface area contributed by atoms with Crippen LogP contribution in [0.25, 0.3) is 24.3 Å². The molecule has 0 amide bonds. The summed E-state index contributed by atoms with van der Waals surface area (Å²) in [5.74, 6) is -4.02. The van der Waals surface area contributed by atoms with E-state index < -0.39 is 63.5 Å². The molecule has 0 spiro atoms. The van der Waals surface area contributed by atoms with Crippen LogP contribution in [0.3, 0.4) is 0 Å². The number of hydrogen-bond donors (Lipinski definition) is 4. The first-order valence-electron chi connectivity index (χ1n) is 21.4. The maximum atomic E-state index is 12.2. The number of hydrogen-bond acceptors (Lipinski definition) is 20. The van der Waals surface area contributed by atoms with Crippen LogP contribution in [0.4, 0.5) is 0 Å². The van der Waals surface area contributed by atoms with E-state index in [2.05, 4.69) is 0 Å². The Morgan fingerprint density at radius 3 is 0.987 bits per heavy atom. The molecule has 4 aromatic carbocycles. The van der Waals surface area contributed by atoms with Gasteiger partial charge in [-0.05, 0) is 121 Å². The van der Waals surface area contributed by atoms with Crippen LogP contribution < -0.4 is 50.9 Å². The molecule has 0 aliphatic heterocycles. The van der Waals surface area contributed by atoms with Crippen LogP contribution in [0, 0.1) is 0 Å². The van der Waals surface area contributed by atoms with Crippen LogP contribution in [0.1, 0.15) is 73.6 Å². The van der Waals surface area contributed by atoms with Crippen molar-refractivity contribution in [2.24, 2.45) is 0 Å². The minimum absolute atomic E-state index is 0. The second kappa shape index (κ2) is 37.2. The van der Waals surface area contributed by atoms with Gasteiger partial charge in [-0.3, -0.25) is 28.8 Å². The molecule has 0 saturated carbocycles. The number of phenolic OH excluding ortho intramolecular Hbond substituents is 2. The first-order chi connectivity index (χ1) is 34.8. The topological polar surface area (TPSA) is 349 Å². The molecular formula is C52H56Cl2N2O18Pt. The number of methoxy groups -OCH3 is 4. The zero-order valence-electron chi connectivity index (χ0n) is 41.1. The van der Waals surface area contributed by atoms with Gasteiger partial charge in [0.1, 0.15) is 0 Å². The Morgan fingerprint density at radius 1 is 0.453 bits per heavy atom. The number of allylic oxidation sites excluding steroid dienone is 4. The number of carboxylic acid groups (broad SMARTS) is 2. The van der Waals surface area contributed by atoms with Crippen molar-refractivity contribution < 1.29 is 104 Å². The molecule has 0 saturated heterocycles. The first-order valence-corrected chi connectivity index (χ1v) is 27.0. The van der Waals surface area contributed by atoms with Gasteiger partial charge in [-0.2, -0.15) is 0 Å². The Balaban J connectivity index is 0.00000135. The number of aromatic hydroxyl groups is 2. The molecule has 0 radical (unpaired) electrons. The van der Waals surface area contributed by atoms with E-state index in [1.807, 2.05) is 0 Å². The second-order valence-electron chi connectivity index (χ2n) is 14.7. The van der Waals surface area contributed by atoms with Crippen LogP contribution in [0.5, 0.6) is 46.0 Å². The third kappa shape index (κ3) is 27.3. The summed E-state index contributed by atoms with van der Waals surface area (Å²) in [4.78, 5) is 93.0. The van der Waals surface area contributed by atoms with Crippen LogP contribution >= 0.6 is 18.8 Å². The Morgan fingerprint density at radius 2 is 0.720 bits per heavy atom. The normalized spacial score (nSPS) is 10.5. The van der Waals surface area contributed by atoms with E-state index in [0.29, 0.717) is 22.3 Å². The SMILES string of the molecule is COc1cc(/C=C/C(=O)CC(=O)/C=C/c2ccc(OC(=O)CCCC(=O)[O-])c(OC)c2)ccc1O.COc1cc(/C=C/C(=O)CC(=O)/C=C/c2ccc(OC(=O)CCCC(=O)[O-])c(OC)c2)ccc1O.N.N.[Cl][Pt+2][Cl]. The molecule has 406 valence electrons. The van der Waals surface area contributed by atoms with Crippen molar-refractivity contribution in [3.05, 3.63) is 119 Å². The van der Waals surface area contributed by atoms with Crippen molar-refractivity contribution >= 4 is 90.2 Å². The van der Waals surface area contributed by atoms with E-state index in [0.717, 1.165) is 0 Å². The molecule has 4 aromatic rings. The summed E-state index contributed by atoms with van der Waals surface area (Å²) in [7, 11) is 15.3. The van der Waals surface area contributed by atoms with Crippen LogP contribution in [-0.2, 0) is 54.8 Å². The summed E-state index contributed by atoms with van der Waals surface area (Å²) >= 11 is -0.472. The van der Waals surface area contributed by atoms with E-state index in [9.17, 15) is 58.8 Å². The fourth-order valence-electron chi connectivity index (χ4n) is 5.78. The van der Waals surface area contributed by atoms with Crippen LogP contribution in [-0.4, -0.2) is 85.7 Å². The number of ketones is 4. The maximum absolute atomic E-state index is 12.2. The van der Waals surface area contributed by atoms with Gasteiger partial charge < -0.3 is 70.7 Å². The molecule has 0 aromatic heterocycles. The van der Waals surface area contributed by atoms with Gasteiger partial charge in [0, 0.05) is 24.8 Å². The number of halogens is 2. The second-order valence-corrected chi connectivity index (χ2v) is 18.0. The number of carboxylic acids is 2. The number of carbonyl (C=O) groups excluding carboxylic acids is 8. The van der Waals surface area contributed by atoms with Gasteiger partial charge in [0.15, 0.2) is 69.1 Å². The van der Waals surface area contributed by atoms with Gasteiger partial charge in [0.2, 0.25) is 0 Å². The molecule has 0 aliphatic carbocycles. The van der Waals surface area contributed by atoms with Gasteiger partial charge in [-0.1, -0.05) is 48.6 Å². The number of benzene rings is 4. The molecule has 20 nitrogen and oxygen atoms in total. The number of ether oxygens (including phenoxy) is 6. The fraction of sp³-hybridized carbons (Fsp3) is 0.231. The molecule has 23 heteroatoms. The van der Waals surface area contributed by atoms with E-state index in [-0.39, 0.29) is 110 Å². The summed E-state index contributed by atoms with van der Waals surface area (Å²) in [6.45, 7) is 0. The van der Waals surface area contributed by atoms with E-state index >= 15 is 0 Å². The number of carbonyl (C=O) groups is 8. The summed E-state index contributed by atoms with van der Waals surface area (Å²) in [6, 6.07) is 18.5. The van der Waals surface area contributed by atoms with Gasteiger partial charge in [-0.15, -0.1) is 0 Å². The first kappa shape index (κ1) is 67.4. The average Bonchev–Trinajstić information content (AvgIpc) is 3.35. The van der Waals surface area contributed by atoms with Crippen LogP contribution in [0.15, 0.2) is 97.1 Å². The van der Waals surface area contributed by atoms with Crippen molar-refractivity contribution in [2.45, 2.75) is 51.4 Å². The third-order valence-electron chi connectivity index (χ3n) is 9.30. The summed E-state index contributed by atoms with van der Waals surface area (Å²) in [6.07, 6.45) is 9.98. The average molecular weight is 1260 g/mol. The molecular weight excluding hydrogens is 1210 g/mol. The molecule has 0 bridgehead atoms. The third-order valence-corrected chi connectivity index (χ3v) is 9.30. The minimum atomic E-state index is -1.24. The van der Waals surface area contributed by atoms with Gasteiger partial charge in [-0.25, -0.2) is 0 Å². The van der Waals surface area contributed by atoms with Crippen molar-refractivity contribution in [3.63, 3.8) is 0 Å². The Kier molecular flexibility index (Phi) is 33.4. The number of esters is 2. The predicted molar refractivity (Wildman–Crippen MR) is 271 cm³/mol. The Bertz CT molecular complexity index is 2520. The van der Waals surface area contributed by atoms with Gasteiger partial charge in [0.25, 0.3) is 0 Å². The molecule has 0 heterocycles. The molecule has 0 atom stereocenters. The quantitative estimate of drug-likeness (QED) is 0.0220. The zero-order chi connectivity index (χ0) is 54.3. The summed E-state index contributed by atoms with van der Waals surface area (Å²) < 4.78 is 30.8. The van der Waals surface area contributed by atoms with Crippen molar-refractivity contribution in [3.8, 4) is 46.0 Å².